The van der Waals surface area contributed by atoms with Crippen molar-refractivity contribution in [2.45, 2.75) is 33.2 Å². The molecule has 1 unspecified atom stereocenters. The van der Waals surface area contributed by atoms with Gasteiger partial charge >= 0.3 is 0 Å². The molecule has 1 fully saturated rings. The van der Waals surface area contributed by atoms with Crippen LogP contribution < -0.4 is 5.32 Å². The van der Waals surface area contributed by atoms with Crippen LogP contribution in [0.1, 0.15) is 27.2 Å². The van der Waals surface area contributed by atoms with Gasteiger partial charge in [0.25, 0.3) is 0 Å². The molecule has 5 heteroatoms. The molecule has 1 aliphatic rings. The summed E-state index contributed by atoms with van der Waals surface area (Å²) in [7, 11) is 0. The quantitative estimate of drug-likeness (QED) is 0.716. The topological polar surface area (TPSA) is 52.7 Å². The van der Waals surface area contributed by atoms with Gasteiger partial charge in [-0.3, -0.25) is 9.59 Å². The van der Waals surface area contributed by atoms with Gasteiger partial charge in [-0.25, -0.2) is 0 Å². The number of carbonyl (C=O) groups is 2. The maximum Gasteiger partial charge on any atom is 0.242 e. The Morgan fingerprint density at radius 1 is 1.18 bits per heavy atom. The summed E-state index contributed by atoms with van der Waals surface area (Å²) >= 11 is 0. The fourth-order valence-corrected chi connectivity index (χ4v) is 2.09. The number of carbonyl (C=O) groups excluding carboxylic acids is 2. The fourth-order valence-electron chi connectivity index (χ4n) is 2.09. The molecule has 0 aliphatic carbocycles. The maximum absolute atomic E-state index is 11.9. The molecular formula is C12H23N3O2. The number of piperazine rings is 1. The van der Waals surface area contributed by atoms with Crippen LogP contribution in [0.5, 0.6) is 0 Å². The van der Waals surface area contributed by atoms with E-state index in [-0.39, 0.29) is 30.9 Å². The van der Waals surface area contributed by atoms with Crippen LogP contribution >= 0.6 is 0 Å². The molecule has 0 bridgehead atoms. The van der Waals surface area contributed by atoms with E-state index in [4.69, 9.17) is 0 Å². The van der Waals surface area contributed by atoms with Crippen LogP contribution in [0.3, 0.4) is 0 Å². The summed E-state index contributed by atoms with van der Waals surface area (Å²) in [4.78, 5) is 27.0. The SMILES string of the molecule is CCCN1CC(=O)N(CC(C)NCC)CC1=O. The smallest absolute Gasteiger partial charge is 0.242 e. The number of hydrogen-bond donors (Lipinski definition) is 1. The molecule has 2 amide bonds. The molecule has 1 aliphatic heterocycles. The molecule has 1 saturated heterocycles. The van der Waals surface area contributed by atoms with Gasteiger partial charge in [0, 0.05) is 19.1 Å². The summed E-state index contributed by atoms with van der Waals surface area (Å²) in [5.74, 6) is 0.123. The lowest BCUT2D eigenvalue weighted by Gasteiger charge is -2.35. The van der Waals surface area contributed by atoms with Crippen molar-refractivity contribution in [2.24, 2.45) is 0 Å². The molecule has 1 heterocycles. The third kappa shape index (κ3) is 4.00. The third-order valence-corrected chi connectivity index (χ3v) is 2.90. The predicted octanol–water partition coefficient (Wildman–Crippen LogP) is 0.0652. The molecule has 0 radical (unpaired) electrons. The van der Waals surface area contributed by atoms with Crippen LogP contribution in [-0.4, -0.2) is 60.4 Å². The summed E-state index contributed by atoms with van der Waals surface area (Å²) in [5.41, 5.74) is 0. The van der Waals surface area contributed by atoms with Crippen molar-refractivity contribution in [1.29, 1.82) is 0 Å². The summed E-state index contributed by atoms with van der Waals surface area (Å²) in [6.45, 7) is 8.71. The molecule has 0 aromatic heterocycles. The highest BCUT2D eigenvalue weighted by molar-refractivity contribution is 5.92. The number of nitrogens with zero attached hydrogens (tertiary/aromatic N) is 2. The molecule has 5 nitrogen and oxygen atoms in total. The lowest BCUT2D eigenvalue weighted by Crippen LogP contribution is -2.56. The Labute approximate surface area is 103 Å². The Morgan fingerprint density at radius 3 is 2.35 bits per heavy atom. The first-order valence-corrected chi connectivity index (χ1v) is 6.37. The normalized spacial score (nSPS) is 18.8. The standard InChI is InChI=1S/C12H23N3O2/c1-4-6-14-8-12(17)15(9-11(14)16)7-10(3)13-5-2/h10,13H,4-9H2,1-3H3. The minimum absolute atomic E-state index is 0.0582. The molecule has 1 rings (SSSR count). The average Bonchev–Trinajstić information content (AvgIpc) is 2.26. The lowest BCUT2D eigenvalue weighted by molar-refractivity contribution is -0.150. The molecule has 98 valence electrons. The minimum atomic E-state index is 0.0582. The van der Waals surface area contributed by atoms with E-state index in [2.05, 4.69) is 5.32 Å². The first-order valence-electron chi connectivity index (χ1n) is 6.37. The number of rotatable bonds is 6. The Bertz CT molecular complexity index is 281. The summed E-state index contributed by atoms with van der Waals surface area (Å²) in [5, 5.41) is 3.25. The Hall–Kier alpha value is -1.10. The van der Waals surface area contributed by atoms with Crippen LogP contribution in [-0.2, 0) is 9.59 Å². The van der Waals surface area contributed by atoms with Gasteiger partial charge in [0.05, 0.1) is 13.1 Å². The zero-order valence-electron chi connectivity index (χ0n) is 11.0. The minimum Gasteiger partial charge on any atom is -0.332 e. The van der Waals surface area contributed by atoms with E-state index in [1.54, 1.807) is 9.80 Å². The highest BCUT2D eigenvalue weighted by atomic mass is 16.2. The average molecular weight is 241 g/mol. The first kappa shape index (κ1) is 14.0. The highest BCUT2D eigenvalue weighted by Crippen LogP contribution is 2.06. The van der Waals surface area contributed by atoms with Crippen molar-refractivity contribution in [3.8, 4) is 0 Å². The molecule has 17 heavy (non-hydrogen) atoms. The van der Waals surface area contributed by atoms with Gasteiger partial charge in [-0.2, -0.15) is 0 Å². The van der Waals surface area contributed by atoms with E-state index in [0.29, 0.717) is 13.1 Å². The largest absolute Gasteiger partial charge is 0.332 e. The number of nitrogens with one attached hydrogen (secondary N) is 1. The van der Waals surface area contributed by atoms with Crippen LogP contribution in [0.25, 0.3) is 0 Å². The second kappa shape index (κ2) is 6.59. The van der Waals surface area contributed by atoms with E-state index in [1.807, 2.05) is 20.8 Å². The van der Waals surface area contributed by atoms with Gasteiger partial charge < -0.3 is 15.1 Å². The summed E-state index contributed by atoms with van der Waals surface area (Å²) < 4.78 is 0. The van der Waals surface area contributed by atoms with Crippen molar-refractivity contribution in [3.63, 3.8) is 0 Å². The zero-order chi connectivity index (χ0) is 12.8. The highest BCUT2D eigenvalue weighted by Gasteiger charge is 2.29. The van der Waals surface area contributed by atoms with Gasteiger partial charge in [0.2, 0.25) is 11.8 Å². The van der Waals surface area contributed by atoms with Crippen LogP contribution in [0.4, 0.5) is 0 Å². The van der Waals surface area contributed by atoms with Gasteiger partial charge in [0.15, 0.2) is 0 Å². The van der Waals surface area contributed by atoms with E-state index >= 15 is 0 Å². The Morgan fingerprint density at radius 2 is 1.76 bits per heavy atom. The van der Waals surface area contributed by atoms with Gasteiger partial charge in [-0.15, -0.1) is 0 Å². The molecule has 1 N–H and O–H groups in total. The Balaban J connectivity index is 2.49. The van der Waals surface area contributed by atoms with E-state index in [0.717, 1.165) is 13.0 Å². The van der Waals surface area contributed by atoms with Crippen molar-refractivity contribution >= 4 is 11.8 Å². The summed E-state index contributed by atoms with van der Waals surface area (Å²) in [6, 6.07) is 0.231. The van der Waals surface area contributed by atoms with E-state index < -0.39 is 0 Å². The molecule has 0 aromatic carbocycles. The molecule has 0 spiro atoms. The molecule has 0 aromatic rings. The maximum atomic E-state index is 11.9. The zero-order valence-corrected chi connectivity index (χ0v) is 11.0. The van der Waals surface area contributed by atoms with Crippen molar-refractivity contribution in [3.05, 3.63) is 0 Å². The third-order valence-electron chi connectivity index (χ3n) is 2.90. The number of amides is 2. The monoisotopic (exact) mass is 241 g/mol. The second-order valence-electron chi connectivity index (χ2n) is 4.55. The van der Waals surface area contributed by atoms with Crippen LogP contribution in [0, 0.1) is 0 Å². The van der Waals surface area contributed by atoms with E-state index in [1.165, 1.54) is 0 Å². The summed E-state index contributed by atoms with van der Waals surface area (Å²) in [6.07, 6.45) is 0.896. The second-order valence-corrected chi connectivity index (χ2v) is 4.55. The van der Waals surface area contributed by atoms with Crippen molar-refractivity contribution in [2.75, 3.05) is 32.7 Å². The molecule has 0 saturated carbocycles. The lowest BCUT2D eigenvalue weighted by atomic mass is 10.2. The van der Waals surface area contributed by atoms with Gasteiger partial charge in [-0.1, -0.05) is 13.8 Å². The van der Waals surface area contributed by atoms with Gasteiger partial charge in [-0.05, 0) is 19.9 Å². The van der Waals surface area contributed by atoms with Crippen LogP contribution in [0.2, 0.25) is 0 Å². The predicted molar refractivity (Wildman–Crippen MR) is 66.6 cm³/mol. The number of hydrogen-bond acceptors (Lipinski definition) is 3. The van der Waals surface area contributed by atoms with E-state index in [9.17, 15) is 9.59 Å². The molecule has 1 atom stereocenters. The fraction of sp³-hybridized carbons (Fsp3) is 0.833. The Kier molecular flexibility index (Phi) is 5.41. The van der Waals surface area contributed by atoms with Crippen molar-refractivity contribution in [1.82, 2.24) is 15.1 Å². The van der Waals surface area contributed by atoms with Crippen LogP contribution in [0.15, 0.2) is 0 Å². The van der Waals surface area contributed by atoms with Gasteiger partial charge in [0.1, 0.15) is 0 Å². The molecular weight excluding hydrogens is 218 g/mol. The van der Waals surface area contributed by atoms with Crippen molar-refractivity contribution < 1.29 is 9.59 Å². The first-order chi connectivity index (χ1) is 8.08. The number of likely N-dealkylation sites (N-methyl/N-ethyl adjacent to an activating group) is 1.